The quantitative estimate of drug-likeness (QED) is 0.0211. The van der Waals surface area contributed by atoms with Crippen molar-refractivity contribution in [3.05, 3.63) is 170 Å². The van der Waals surface area contributed by atoms with E-state index in [1.807, 2.05) is 21.1 Å². The van der Waals surface area contributed by atoms with Crippen LogP contribution in [0.1, 0.15) is 245 Å². The van der Waals surface area contributed by atoms with Gasteiger partial charge in [-0.2, -0.15) is 0 Å². The van der Waals surface area contributed by atoms with Crippen molar-refractivity contribution in [2.45, 2.75) is 257 Å². The van der Waals surface area contributed by atoms with Crippen LogP contribution in [-0.4, -0.2) is 87.4 Å². The van der Waals surface area contributed by atoms with Crippen LogP contribution in [0.2, 0.25) is 0 Å². The molecule has 0 saturated carbocycles. The summed E-state index contributed by atoms with van der Waals surface area (Å²) in [5.74, 6) is -2.04. The van der Waals surface area contributed by atoms with Crippen molar-refractivity contribution in [3.8, 4) is 0 Å². The number of aliphatic carboxylic acids is 1. The highest BCUT2D eigenvalue weighted by molar-refractivity contribution is 5.71. The van der Waals surface area contributed by atoms with Crippen LogP contribution in [0, 0.1) is 0 Å². The van der Waals surface area contributed by atoms with Crippen molar-refractivity contribution in [1.29, 1.82) is 0 Å². The number of hydrogen-bond donors (Lipinski definition) is 1. The smallest absolute Gasteiger partial charge is 0.361 e. The van der Waals surface area contributed by atoms with Crippen LogP contribution in [0.5, 0.6) is 0 Å². The van der Waals surface area contributed by atoms with Crippen LogP contribution in [0.15, 0.2) is 170 Å². The Morgan fingerprint density at radius 3 is 0.920 bits per heavy atom. The van der Waals surface area contributed by atoms with Crippen molar-refractivity contribution in [2.75, 3.05) is 47.5 Å². The van der Waals surface area contributed by atoms with Gasteiger partial charge in [0.1, 0.15) is 13.2 Å². The highest BCUT2D eigenvalue weighted by Crippen LogP contribution is 2.15. The standard InChI is InChI=1S/C78H125NO8/c1-6-8-10-12-14-16-18-20-22-24-26-28-30-32-34-35-36-37-38-39-40-41-43-45-47-49-51-53-55-57-59-61-63-65-67-69-76(81)87-74(73-86-78(77(82)83)84-71-70-79(3,4)5)72-85-75(80)68-66-64-62-60-58-56-54-52-50-48-46-44-42-33-31-29-27-25-23-21-19-17-15-13-11-9-7-2/h8-11,14-17,20-23,26-29,32-34,36-37,39-40,42-43,45-46,48,74,78H,6-7,12-13,18-19,24-25,30-31,35,38,41,44,47,49-73H2,1-5H3/p+1/b10-8-,11-9-,16-14-,17-15-,22-20-,23-21-,28-26-,29-27-,34-32-,37-36-,40-39-,42-33-,45-43-,48-46-. The first-order chi connectivity index (χ1) is 42.6. The second-order valence-electron chi connectivity index (χ2n) is 23.4. The van der Waals surface area contributed by atoms with Gasteiger partial charge in [-0.25, -0.2) is 4.79 Å². The molecule has 0 aromatic heterocycles. The molecule has 0 aromatic carbocycles. The highest BCUT2D eigenvalue weighted by Gasteiger charge is 2.25. The lowest BCUT2D eigenvalue weighted by molar-refractivity contribution is -0.870. The summed E-state index contributed by atoms with van der Waals surface area (Å²) in [6.45, 7) is 4.62. The Morgan fingerprint density at radius 1 is 0.345 bits per heavy atom. The molecule has 0 amide bonds. The molecule has 0 aliphatic carbocycles. The van der Waals surface area contributed by atoms with E-state index < -0.39 is 24.3 Å². The van der Waals surface area contributed by atoms with Gasteiger partial charge in [0, 0.05) is 12.8 Å². The zero-order chi connectivity index (χ0) is 63.3. The zero-order valence-electron chi connectivity index (χ0n) is 55.9. The Balaban J connectivity index is 4.22. The number of likely N-dealkylation sites (N-methyl/N-ethyl adjacent to an activating group) is 1. The molecule has 0 saturated heterocycles. The fourth-order valence-electron chi connectivity index (χ4n) is 8.80. The van der Waals surface area contributed by atoms with Crippen molar-refractivity contribution in [2.24, 2.45) is 0 Å². The molecule has 0 aromatic rings. The first-order valence-corrected chi connectivity index (χ1v) is 34.3. The van der Waals surface area contributed by atoms with Gasteiger partial charge >= 0.3 is 17.9 Å². The Morgan fingerprint density at radius 2 is 0.621 bits per heavy atom. The molecule has 0 rings (SSSR count). The Hall–Kier alpha value is -5.35. The van der Waals surface area contributed by atoms with Crippen LogP contribution in [0.3, 0.4) is 0 Å². The van der Waals surface area contributed by atoms with Crippen LogP contribution in [0.4, 0.5) is 0 Å². The molecular weight excluding hydrogens is 1080 g/mol. The highest BCUT2D eigenvalue weighted by atomic mass is 16.7. The maximum atomic E-state index is 12.9. The summed E-state index contributed by atoms with van der Waals surface area (Å²) < 4.78 is 22.9. The molecular formula is C78H126NO8+. The predicted octanol–water partition coefficient (Wildman–Crippen LogP) is 21.5. The molecule has 2 unspecified atom stereocenters. The van der Waals surface area contributed by atoms with Crippen LogP contribution < -0.4 is 0 Å². The van der Waals surface area contributed by atoms with E-state index in [0.29, 0.717) is 17.4 Å². The fraction of sp³-hybridized carbons (Fsp3) is 0.603. The first-order valence-electron chi connectivity index (χ1n) is 34.3. The average Bonchev–Trinajstić information content (AvgIpc) is 3.56. The molecule has 0 spiro atoms. The lowest BCUT2D eigenvalue weighted by Crippen LogP contribution is -2.40. The van der Waals surface area contributed by atoms with Gasteiger partial charge in [-0.1, -0.05) is 274 Å². The van der Waals surface area contributed by atoms with Crippen molar-refractivity contribution >= 4 is 17.9 Å². The summed E-state index contributed by atoms with van der Waals surface area (Å²) >= 11 is 0. The lowest BCUT2D eigenvalue weighted by Gasteiger charge is -2.25. The van der Waals surface area contributed by atoms with Gasteiger partial charge in [-0.3, -0.25) is 9.59 Å². The number of unbranched alkanes of at least 4 members (excludes halogenated alkanes) is 18. The number of rotatable bonds is 61. The largest absolute Gasteiger partial charge is 0.477 e. The summed E-state index contributed by atoms with van der Waals surface area (Å²) in [6.07, 6.45) is 97.3. The van der Waals surface area contributed by atoms with E-state index in [0.717, 1.165) is 148 Å². The zero-order valence-corrected chi connectivity index (χ0v) is 55.9. The van der Waals surface area contributed by atoms with E-state index >= 15 is 0 Å². The third-order valence-electron chi connectivity index (χ3n) is 14.0. The lowest BCUT2D eigenvalue weighted by atomic mass is 10.0. The van der Waals surface area contributed by atoms with Crippen LogP contribution in [0.25, 0.3) is 0 Å². The summed E-state index contributed by atoms with van der Waals surface area (Å²) in [7, 11) is 5.96. The van der Waals surface area contributed by atoms with Crippen molar-refractivity contribution in [3.63, 3.8) is 0 Å². The van der Waals surface area contributed by atoms with Gasteiger partial charge in [0.05, 0.1) is 34.4 Å². The summed E-state index contributed by atoms with van der Waals surface area (Å²) in [6, 6.07) is 0. The topological polar surface area (TPSA) is 108 Å². The van der Waals surface area contributed by atoms with E-state index in [4.69, 9.17) is 18.9 Å². The minimum atomic E-state index is -1.53. The molecule has 0 aliphatic heterocycles. The Labute approximate surface area is 533 Å². The number of quaternary nitrogens is 1. The van der Waals surface area contributed by atoms with Crippen LogP contribution in [-0.2, 0) is 33.3 Å². The van der Waals surface area contributed by atoms with Gasteiger partial charge in [-0.05, 0) is 128 Å². The van der Waals surface area contributed by atoms with Gasteiger partial charge in [0.25, 0.3) is 6.29 Å². The Kier molecular flexibility index (Phi) is 62.5. The molecule has 0 radical (unpaired) electrons. The summed E-state index contributed by atoms with van der Waals surface area (Å²) in [5, 5.41) is 9.75. The van der Waals surface area contributed by atoms with Gasteiger partial charge in [0.2, 0.25) is 0 Å². The first kappa shape index (κ1) is 81.7. The molecule has 1 N–H and O–H groups in total. The number of carbonyl (C=O) groups is 3. The number of hydrogen-bond acceptors (Lipinski definition) is 7. The number of carbonyl (C=O) groups excluding carboxylic acids is 2. The maximum Gasteiger partial charge on any atom is 0.361 e. The number of ether oxygens (including phenoxy) is 4. The van der Waals surface area contributed by atoms with E-state index in [9.17, 15) is 19.5 Å². The van der Waals surface area contributed by atoms with E-state index in [1.54, 1.807) is 0 Å². The van der Waals surface area contributed by atoms with Crippen molar-refractivity contribution < 1.29 is 42.9 Å². The number of allylic oxidation sites excluding steroid dienone is 28. The van der Waals surface area contributed by atoms with Crippen LogP contribution >= 0.6 is 0 Å². The van der Waals surface area contributed by atoms with Gasteiger partial charge in [-0.15, -0.1) is 0 Å². The minimum Gasteiger partial charge on any atom is -0.477 e. The van der Waals surface area contributed by atoms with Crippen molar-refractivity contribution in [1.82, 2.24) is 0 Å². The van der Waals surface area contributed by atoms with Gasteiger partial charge < -0.3 is 28.5 Å². The molecule has 0 bridgehead atoms. The summed E-state index contributed by atoms with van der Waals surface area (Å²) in [5.41, 5.74) is 0. The average molecular weight is 1210 g/mol. The van der Waals surface area contributed by atoms with E-state index in [1.165, 1.54) is 64.2 Å². The summed E-state index contributed by atoms with van der Waals surface area (Å²) in [4.78, 5) is 37.6. The second kappa shape index (κ2) is 66.6. The molecule has 2 atom stereocenters. The molecule has 87 heavy (non-hydrogen) atoms. The Bertz CT molecular complexity index is 2030. The SMILES string of the molecule is CC/C=C\C/C=C\C/C=C\C/C=C\C/C=C\C/C=C\C/C=C\C/C=C\CCCCCCCCCCCCC(=O)OC(COC(=O)CCCCCCCCCC/C=C\C/C=C\C/C=C\C/C=C\C/C=C\C/C=C\CC)COC(OCC[N+](C)(C)C)C(=O)O. The molecule has 0 heterocycles. The number of carboxylic acid groups (broad SMARTS) is 1. The molecule has 490 valence electrons. The van der Waals surface area contributed by atoms with Gasteiger partial charge in [0.15, 0.2) is 6.10 Å². The second-order valence-corrected chi connectivity index (χ2v) is 23.4. The third kappa shape index (κ3) is 68.0. The monoisotopic (exact) mass is 1200 g/mol. The van der Waals surface area contributed by atoms with E-state index in [2.05, 4.69) is 184 Å². The molecule has 9 heteroatoms. The predicted molar refractivity (Wildman–Crippen MR) is 373 cm³/mol. The molecule has 0 aliphatic rings. The van der Waals surface area contributed by atoms with E-state index in [-0.39, 0.29) is 38.6 Å². The normalized spacial score (nSPS) is 13.8. The molecule has 0 fully saturated rings. The number of nitrogens with zero attached hydrogens (tertiary/aromatic N) is 1. The number of carboxylic acids is 1. The minimum absolute atomic E-state index is 0.176. The molecule has 9 nitrogen and oxygen atoms in total. The maximum absolute atomic E-state index is 12.9. The number of esters is 2. The fourth-order valence-corrected chi connectivity index (χ4v) is 8.80. The third-order valence-corrected chi connectivity index (χ3v) is 14.0.